The van der Waals surface area contributed by atoms with Crippen LogP contribution in [-0.4, -0.2) is 36.7 Å². The lowest BCUT2D eigenvalue weighted by atomic mass is 10.0. The molecule has 6 heteroatoms. The van der Waals surface area contributed by atoms with Crippen LogP contribution in [0.1, 0.15) is 52.6 Å². The van der Waals surface area contributed by atoms with Crippen LogP contribution in [-0.2, 0) is 9.47 Å². The smallest absolute Gasteiger partial charge is 0.338 e. The van der Waals surface area contributed by atoms with Crippen molar-refractivity contribution in [3.63, 3.8) is 0 Å². The lowest BCUT2D eigenvalue weighted by Gasteiger charge is -2.08. The van der Waals surface area contributed by atoms with Gasteiger partial charge in [0.2, 0.25) is 0 Å². The van der Waals surface area contributed by atoms with Crippen LogP contribution in [0.3, 0.4) is 0 Å². The summed E-state index contributed by atoms with van der Waals surface area (Å²) in [7, 11) is 0. The Morgan fingerprint density at radius 3 is 1.00 bits per heavy atom. The van der Waals surface area contributed by atoms with E-state index < -0.39 is 11.9 Å². The molecule has 178 valence electrons. The summed E-state index contributed by atoms with van der Waals surface area (Å²) in [5.41, 5.74) is 2.61. The van der Waals surface area contributed by atoms with Crippen LogP contribution in [0.5, 0.6) is 0 Å². The Kier molecular flexibility index (Phi) is 7.78. The third-order valence-corrected chi connectivity index (χ3v) is 5.39. The quantitative estimate of drug-likeness (QED) is 0.188. The fourth-order valence-electron chi connectivity index (χ4n) is 3.46. The number of hydrogen-bond donors (Lipinski definition) is 0. The van der Waals surface area contributed by atoms with E-state index in [1.165, 1.54) is 24.3 Å². The second-order valence-electron chi connectivity index (χ2n) is 7.82. The molecule has 0 fully saturated rings. The van der Waals surface area contributed by atoms with Crippen molar-refractivity contribution in [3.05, 3.63) is 143 Å². The maximum atomic E-state index is 12.5. The van der Waals surface area contributed by atoms with Crippen LogP contribution in [0.15, 0.2) is 109 Å². The molecule has 0 heterocycles. The van der Waals surface area contributed by atoms with E-state index >= 15 is 0 Å². The van der Waals surface area contributed by atoms with Crippen molar-refractivity contribution >= 4 is 23.5 Å². The molecule has 0 aliphatic rings. The van der Waals surface area contributed by atoms with E-state index in [4.69, 9.17) is 9.47 Å². The maximum absolute atomic E-state index is 12.5. The van der Waals surface area contributed by atoms with Gasteiger partial charge in [-0.3, -0.25) is 9.59 Å². The van der Waals surface area contributed by atoms with E-state index in [0.717, 1.165) is 0 Å². The Hall–Kier alpha value is -4.84. The molecule has 36 heavy (non-hydrogen) atoms. The van der Waals surface area contributed by atoms with Gasteiger partial charge in [0.05, 0.1) is 11.1 Å². The van der Waals surface area contributed by atoms with Crippen molar-refractivity contribution in [1.82, 2.24) is 0 Å². The van der Waals surface area contributed by atoms with Crippen molar-refractivity contribution in [2.75, 3.05) is 13.2 Å². The molecule has 4 rings (SSSR count). The first-order valence-electron chi connectivity index (χ1n) is 11.3. The van der Waals surface area contributed by atoms with Gasteiger partial charge >= 0.3 is 11.9 Å². The number of rotatable bonds is 9. The minimum atomic E-state index is -0.589. The Bertz CT molecular complexity index is 1250. The first-order valence-corrected chi connectivity index (χ1v) is 11.3. The zero-order valence-electron chi connectivity index (χ0n) is 19.3. The molecule has 0 saturated carbocycles. The van der Waals surface area contributed by atoms with E-state index in [1.807, 2.05) is 12.1 Å². The first-order chi connectivity index (χ1) is 17.5. The van der Waals surface area contributed by atoms with E-state index in [0.29, 0.717) is 22.3 Å². The molecule has 0 atom stereocenters. The first kappa shape index (κ1) is 24.3. The summed E-state index contributed by atoms with van der Waals surface area (Å²) < 4.78 is 10.3. The third-order valence-electron chi connectivity index (χ3n) is 5.39. The summed E-state index contributed by atoms with van der Waals surface area (Å²) in [6, 6.07) is 30.0. The zero-order chi connectivity index (χ0) is 25.3. The van der Waals surface area contributed by atoms with Crippen LogP contribution in [0, 0.1) is 0 Å². The second-order valence-corrected chi connectivity index (χ2v) is 7.82. The summed E-state index contributed by atoms with van der Waals surface area (Å²) in [6.07, 6.45) is 0. The fourth-order valence-corrected chi connectivity index (χ4v) is 3.46. The summed E-state index contributed by atoms with van der Waals surface area (Å²) >= 11 is 0. The van der Waals surface area contributed by atoms with Gasteiger partial charge in [-0.25, -0.2) is 9.59 Å². The van der Waals surface area contributed by atoms with Gasteiger partial charge in [0.25, 0.3) is 0 Å². The van der Waals surface area contributed by atoms with Gasteiger partial charge in [-0.1, -0.05) is 84.9 Å². The lowest BCUT2D eigenvalue weighted by molar-refractivity contribution is 0.0265. The predicted octanol–water partition coefficient (Wildman–Crippen LogP) is 5.16. The van der Waals surface area contributed by atoms with Gasteiger partial charge in [-0.2, -0.15) is 0 Å². The second kappa shape index (κ2) is 11.5. The van der Waals surface area contributed by atoms with E-state index in [9.17, 15) is 19.2 Å². The van der Waals surface area contributed by atoms with Gasteiger partial charge < -0.3 is 9.47 Å². The Morgan fingerprint density at radius 1 is 0.389 bits per heavy atom. The molecule has 4 aromatic rings. The van der Waals surface area contributed by atoms with Gasteiger partial charge in [0, 0.05) is 22.3 Å². The number of hydrogen-bond acceptors (Lipinski definition) is 6. The van der Waals surface area contributed by atoms with Crippen LogP contribution in [0.25, 0.3) is 0 Å². The number of benzene rings is 4. The van der Waals surface area contributed by atoms with Crippen molar-refractivity contribution in [1.29, 1.82) is 0 Å². The molecule has 0 unspecified atom stereocenters. The summed E-state index contributed by atoms with van der Waals surface area (Å²) in [5.74, 6) is -1.46. The molecule has 0 bridgehead atoms. The Labute approximate surface area is 208 Å². The van der Waals surface area contributed by atoms with Crippen LogP contribution >= 0.6 is 0 Å². The topological polar surface area (TPSA) is 86.7 Å². The number of carbonyl (C=O) groups is 4. The van der Waals surface area contributed by atoms with E-state index in [2.05, 4.69) is 0 Å². The molecule has 0 saturated heterocycles. The Morgan fingerprint density at radius 2 is 0.667 bits per heavy atom. The third kappa shape index (κ3) is 5.98. The van der Waals surface area contributed by atoms with E-state index in [1.54, 1.807) is 72.8 Å². The zero-order valence-corrected chi connectivity index (χ0v) is 19.3. The van der Waals surface area contributed by atoms with Crippen molar-refractivity contribution < 1.29 is 28.7 Å². The summed E-state index contributed by atoms with van der Waals surface area (Å²) in [4.78, 5) is 49.4. The average molecular weight is 479 g/mol. The highest BCUT2D eigenvalue weighted by Crippen LogP contribution is 2.13. The number of esters is 2. The molecule has 0 N–H and O–H groups in total. The molecule has 0 amide bonds. The normalized spacial score (nSPS) is 10.3. The molecule has 4 aromatic carbocycles. The summed E-state index contributed by atoms with van der Waals surface area (Å²) in [5, 5.41) is 0. The molecule has 0 aliphatic carbocycles. The van der Waals surface area contributed by atoms with Gasteiger partial charge in [-0.05, 0) is 24.3 Å². The number of ketones is 2. The molecule has 0 radical (unpaired) electrons. The molecule has 6 nitrogen and oxygen atoms in total. The highest BCUT2D eigenvalue weighted by atomic mass is 16.6. The molecular weight excluding hydrogens is 456 g/mol. The maximum Gasteiger partial charge on any atom is 0.338 e. The van der Waals surface area contributed by atoms with Gasteiger partial charge in [0.15, 0.2) is 11.6 Å². The number of ether oxygens (including phenoxy) is 2. The van der Waals surface area contributed by atoms with Crippen molar-refractivity contribution in [2.24, 2.45) is 0 Å². The standard InChI is InChI=1S/C30H22O6/c31-27(21-7-3-1-4-8-21)23-11-15-25(16-12-23)29(33)35-19-20-36-30(34)26-17-13-24(14-18-26)28(32)22-9-5-2-6-10-22/h1-18H,19-20H2. The van der Waals surface area contributed by atoms with Crippen molar-refractivity contribution in [3.8, 4) is 0 Å². The Balaban J connectivity index is 1.24. The minimum Gasteiger partial charge on any atom is -0.458 e. The molecule has 0 spiro atoms. The molecule has 0 aliphatic heterocycles. The monoisotopic (exact) mass is 478 g/mol. The fraction of sp³-hybridized carbons (Fsp3) is 0.0667. The largest absolute Gasteiger partial charge is 0.458 e. The van der Waals surface area contributed by atoms with Crippen LogP contribution in [0.2, 0.25) is 0 Å². The van der Waals surface area contributed by atoms with Gasteiger partial charge in [-0.15, -0.1) is 0 Å². The van der Waals surface area contributed by atoms with Gasteiger partial charge in [0.1, 0.15) is 13.2 Å². The minimum absolute atomic E-state index is 0.125. The molecule has 0 aromatic heterocycles. The summed E-state index contributed by atoms with van der Waals surface area (Å²) in [6.45, 7) is -0.250. The SMILES string of the molecule is O=C(OCCOC(=O)c1ccc(C(=O)c2ccccc2)cc1)c1ccc(C(=O)c2ccccc2)cc1. The van der Waals surface area contributed by atoms with Crippen LogP contribution in [0.4, 0.5) is 0 Å². The van der Waals surface area contributed by atoms with Crippen LogP contribution < -0.4 is 0 Å². The van der Waals surface area contributed by atoms with Crippen molar-refractivity contribution in [2.45, 2.75) is 0 Å². The highest BCUT2D eigenvalue weighted by molar-refractivity contribution is 6.10. The number of carbonyl (C=O) groups excluding carboxylic acids is 4. The average Bonchev–Trinajstić information content (AvgIpc) is 2.95. The molecular formula is C30H22O6. The lowest BCUT2D eigenvalue weighted by Crippen LogP contribution is -2.14. The predicted molar refractivity (Wildman–Crippen MR) is 133 cm³/mol. The highest BCUT2D eigenvalue weighted by Gasteiger charge is 2.14. The van der Waals surface area contributed by atoms with E-state index in [-0.39, 0.29) is 35.9 Å².